The molecular weight excluding hydrogens is 704 g/mol. The average Bonchev–Trinajstić information content (AvgIpc) is 3.51. The Morgan fingerprint density at radius 3 is 2.67 bits per heavy atom. The van der Waals surface area contributed by atoms with Crippen molar-refractivity contribution in [3.8, 4) is 0 Å². The van der Waals surface area contributed by atoms with Crippen LogP contribution in [0.2, 0.25) is 5.02 Å². The Morgan fingerprint density at radius 2 is 1.96 bits per heavy atom. The van der Waals surface area contributed by atoms with E-state index in [-0.39, 0.29) is 35.5 Å². The average molecular weight is 752 g/mol. The number of imidazole rings is 1. The first-order valence-electron chi connectivity index (χ1n) is 17.3. The number of aryl methyl sites for hydroxylation is 2. The highest BCUT2D eigenvalue weighted by Gasteiger charge is 2.39. The van der Waals surface area contributed by atoms with Crippen LogP contribution in [0.4, 0.5) is 10.5 Å². The maximum Gasteiger partial charge on any atom is 0.410 e. The smallest absolute Gasteiger partial charge is 0.410 e. The van der Waals surface area contributed by atoms with E-state index in [1.54, 1.807) is 11.2 Å². The summed E-state index contributed by atoms with van der Waals surface area (Å²) in [7, 11) is 0. The summed E-state index contributed by atoms with van der Waals surface area (Å²) in [4.78, 5) is 36.1. The number of carbonyl (C=O) groups is 2. The third kappa shape index (κ3) is 10.0. The lowest BCUT2D eigenvalue weighted by molar-refractivity contribution is -0.124. The van der Waals surface area contributed by atoms with E-state index >= 15 is 0 Å². The highest BCUT2D eigenvalue weighted by Crippen LogP contribution is 2.34. The topological polar surface area (TPSA) is 104 Å². The number of benzene rings is 2. The van der Waals surface area contributed by atoms with Gasteiger partial charge in [-0.1, -0.05) is 70.7 Å². The molecule has 1 aliphatic carbocycles. The monoisotopic (exact) mass is 750 g/mol. The van der Waals surface area contributed by atoms with Gasteiger partial charge in [-0.3, -0.25) is 9.69 Å². The summed E-state index contributed by atoms with van der Waals surface area (Å²) in [5.41, 5.74) is 5.94. The van der Waals surface area contributed by atoms with Crippen LogP contribution in [0, 0.1) is 12.3 Å². The predicted octanol–water partition coefficient (Wildman–Crippen LogP) is 8.34. The van der Waals surface area contributed by atoms with E-state index in [4.69, 9.17) is 21.7 Å². The van der Waals surface area contributed by atoms with Gasteiger partial charge in [0.25, 0.3) is 0 Å². The first-order chi connectivity index (χ1) is 23.6. The minimum absolute atomic E-state index is 0.0703. The molecule has 2 N–H and O–H groups in total. The molecule has 0 radical (unpaired) electrons. The SMILES string of the molecule is CCc1cc(Cl)ccc1[C@@H](/C=C(\C)CC(Br)C=N)N1CCN(C(=O)OC2CCCCC2)C[C@@H]1C(=O)Nc1cccc(Cn2cnc(C)c2)c1. The summed E-state index contributed by atoms with van der Waals surface area (Å²) in [6.07, 6.45) is 13.5. The number of rotatable bonds is 12. The summed E-state index contributed by atoms with van der Waals surface area (Å²) >= 11 is 10.0. The van der Waals surface area contributed by atoms with Crippen LogP contribution in [0.25, 0.3) is 0 Å². The largest absolute Gasteiger partial charge is 0.446 e. The van der Waals surface area contributed by atoms with E-state index in [1.807, 2.05) is 54.1 Å². The molecule has 262 valence electrons. The van der Waals surface area contributed by atoms with Crippen molar-refractivity contribution in [3.63, 3.8) is 0 Å². The van der Waals surface area contributed by atoms with Gasteiger partial charge in [0.15, 0.2) is 0 Å². The first kappa shape index (κ1) is 36.8. The van der Waals surface area contributed by atoms with Gasteiger partial charge < -0.3 is 24.9 Å². The number of halogens is 2. The quantitative estimate of drug-likeness (QED) is 0.110. The molecule has 2 aromatic carbocycles. The first-order valence-corrected chi connectivity index (χ1v) is 18.6. The van der Waals surface area contributed by atoms with E-state index in [9.17, 15) is 9.59 Å². The van der Waals surface area contributed by atoms with Crippen LogP contribution >= 0.6 is 27.5 Å². The standard InChI is InChI=1S/C38H48BrClN6O3/c1-4-29-20-31(40)13-14-34(29)35(18-26(2)17-30(39)21-41)46-16-15-45(38(48)49-33-11-6-5-7-12-33)24-36(46)37(47)43-32-10-8-9-28(19-32)23-44-22-27(3)42-25-44/h8-10,13-14,18-22,25,30,33,35-36,41H,4-7,11-12,15-17,23-24H2,1-3H3,(H,43,47)/b26-18+,41-21?/t30?,35-,36-/m1/s1. The van der Waals surface area contributed by atoms with Crippen LogP contribution in [-0.4, -0.2) is 74.2 Å². The van der Waals surface area contributed by atoms with Gasteiger partial charge in [-0.15, -0.1) is 0 Å². The summed E-state index contributed by atoms with van der Waals surface area (Å²) in [6.45, 7) is 7.87. The molecule has 1 aromatic heterocycles. The normalized spacial score (nSPS) is 18.9. The molecule has 1 unspecified atom stereocenters. The molecule has 0 spiro atoms. The molecular formula is C38H48BrClN6O3. The molecule has 2 heterocycles. The van der Waals surface area contributed by atoms with Crippen molar-refractivity contribution in [2.45, 2.75) is 95.3 Å². The number of nitrogens with zero attached hydrogens (tertiary/aromatic N) is 4. The zero-order valence-corrected chi connectivity index (χ0v) is 31.0. The highest BCUT2D eigenvalue weighted by molar-refractivity contribution is 9.09. The number of ether oxygens (including phenoxy) is 1. The molecule has 2 amide bonds. The number of anilines is 1. The van der Waals surface area contributed by atoms with Crippen LogP contribution in [0.5, 0.6) is 0 Å². The zero-order chi connectivity index (χ0) is 34.9. The summed E-state index contributed by atoms with van der Waals surface area (Å²) in [6, 6.07) is 12.9. The lowest BCUT2D eigenvalue weighted by Crippen LogP contribution is -2.59. The van der Waals surface area contributed by atoms with E-state index < -0.39 is 6.04 Å². The Hall–Kier alpha value is -3.47. The number of allylic oxidation sites excluding steroid dienone is 1. The van der Waals surface area contributed by atoms with Gasteiger partial charge in [0.2, 0.25) is 5.91 Å². The van der Waals surface area contributed by atoms with Crippen LogP contribution in [-0.2, 0) is 22.5 Å². The molecule has 5 rings (SSSR count). The second kappa shape index (κ2) is 17.5. The summed E-state index contributed by atoms with van der Waals surface area (Å²) < 4.78 is 7.99. The van der Waals surface area contributed by atoms with E-state index in [0.29, 0.717) is 36.8 Å². The molecule has 49 heavy (non-hydrogen) atoms. The molecule has 3 atom stereocenters. The molecule has 3 aromatic rings. The molecule has 2 aliphatic rings. The summed E-state index contributed by atoms with van der Waals surface area (Å²) in [5, 5.41) is 11.6. The lowest BCUT2D eigenvalue weighted by Gasteiger charge is -2.44. The molecule has 1 saturated carbocycles. The minimum Gasteiger partial charge on any atom is -0.446 e. The van der Waals surface area contributed by atoms with Crippen molar-refractivity contribution in [1.29, 1.82) is 5.41 Å². The van der Waals surface area contributed by atoms with Crippen LogP contribution < -0.4 is 5.32 Å². The fraction of sp³-hybridized carbons (Fsp3) is 0.474. The van der Waals surface area contributed by atoms with Gasteiger partial charge in [0.05, 0.1) is 22.9 Å². The second-order valence-electron chi connectivity index (χ2n) is 13.3. The lowest BCUT2D eigenvalue weighted by atomic mass is 9.93. The number of hydrogen-bond donors (Lipinski definition) is 2. The predicted molar refractivity (Wildman–Crippen MR) is 200 cm³/mol. The van der Waals surface area contributed by atoms with E-state index in [1.165, 1.54) is 12.6 Å². The van der Waals surface area contributed by atoms with Gasteiger partial charge in [0, 0.05) is 49.3 Å². The van der Waals surface area contributed by atoms with Crippen molar-refractivity contribution < 1.29 is 14.3 Å². The molecule has 1 aliphatic heterocycles. The van der Waals surface area contributed by atoms with Crippen molar-refractivity contribution >= 4 is 51.4 Å². The van der Waals surface area contributed by atoms with E-state index in [2.05, 4.69) is 57.1 Å². The minimum atomic E-state index is -0.662. The number of alkyl halides is 1. The Bertz CT molecular complexity index is 1640. The molecule has 0 bridgehead atoms. The van der Waals surface area contributed by atoms with Crippen molar-refractivity contribution in [1.82, 2.24) is 19.4 Å². The summed E-state index contributed by atoms with van der Waals surface area (Å²) in [5.74, 6) is -0.188. The number of carbonyl (C=O) groups excluding carboxylic acids is 2. The van der Waals surface area contributed by atoms with Gasteiger partial charge in [-0.25, -0.2) is 9.78 Å². The number of amides is 2. The van der Waals surface area contributed by atoms with Crippen LogP contribution in [0.1, 0.15) is 80.8 Å². The van der Waals surface area contributed by atoms with Crippen molar-refractivity contribution in [2.24, 2.45) is 0 Å². The molecule has 11 heteroatoms. The van der Waals surface area contributed by atoms with Gasteiger partial charge >= 0.3 is 6.09 Å². The molecule has 9 nitrogen and oxygen atoms in total. The Labute approximate surface area is 303 Å². The molecule has 1 saturated heterocycles. The van der Waals surface area contributed by atoms with Crippen molar-refractivity contribution in [3.05, 3.63) is 94.0 Å². The number of hydrogen-bond acceptors (Lipinski definition) is 6. The Morgan fingerprint density at radius 1 is 1.16 bits per heavy atom. The third-order valence-corrected chi connectivity index (χ3v) is 10.2. The van der Waals surface area contributed by atoms with Gasteiger partial charge in [0.1, 0.15) is 12.1 Å². The third-order valence-electron chi connectivity index (χ3n) is 9.43. The number of aromatic nitrogens is 2. The van der Waals surface area contributed by atoms with Crippen molar-refractivity contribution in [2.75, 3.05) is 25.0 Å². The van der Waals surface area contributed by atoms with Crippen LogP contribution in [0.3, 0.4) is 0 Å². The number of nitrogens with one attached hydrogen (secondary N) is 2. The van der Waals surface area contributed by atoms with E-state index in [0.717, 1.165) is 60.1 Å². The van der Waals surface area contributed by atoms with Gasteiger partial charge in [-0.05, 0) is 93.3 Å². The Balaban J connectivity index is 1.47. The maximum absolute atomic E-state index is 14.4. The fourth-order valence-corrected chi connectivity index (χ4v) is 7.61. The second-order valence-corrected chi connectivity index (χ2v) is 14.9. The fourth-order valence-electron chi connectivity index (χ4n) is 6.91. The highest BCUT2D eigenvalue weighted by atomic mass is 79.9. The maximum atomic E-state index is 14.4. The Kier molecular flexibility index (Phi) is 13.1. The van der Waals surface area contributed by atoms with Gasteiger partial charge in [-0.2, -0.15) is 0 Å². The van der Waals surface area contributed by atoms with Crippen LogP contribution in [0.15, 0.2) is 66.6 Å². The molecule has 2 fully saturated rings. The zero-order valence-electron chi connectivity index (χ0n) is 28.7. The number of piperazine rings is 1.